The van der Waals surface area contributed by atoms with Gasteiger partial charge in [-0.1, -0.05) is 0 Å². The first kappa shape index (κ1) is 14.4. The Balaban J connectivity index is 2.24. The van der Waals surface area contributed by atoms with E-state index in [0.717, 1.165) is 19.0 Å². The van der Waals surface area contributed by atoms with Gasteiger partial charge in [0.2, 0.25) is 0 Å². The number of rotatable bonds is 3. The van der Waals surface area contributed by atoms with Crippen molar-refractivity contribution in [3.05, 3.63) is 33.6 Å². The van der Waals surface area contributed by atoms with E-state index in [2.05, 4.69) is 4.98 Å². The zero-order valence-corrected chi connectivity index (χ0v) is 11.3. The Morgan fingerprint density at radius 1 is 1.65 bits per heavy atom. The molecule has 108 valence electrons. The molecule has 1 fully saturated rings. The highest BCUT2D eigenvalue weighted by molar-refractivity contribution is 5.95. The lowest BCUT2D eigenvalue weighted by molar-refractivity contribution is -0.385. The molecule has 2 heterocycles. The molecule has 1 amide bonds. The molecule has 1 unspecified atom stereocenters. The van der Waals surface area contributed by atoms with Crippen LogP contribution >= 0.6 is 0 Å². The van der Waals surface area contributed by atoms with Crippen molar-refractivity contribution >= 4 is 11.6 Å². The first-order valence-corrected chi connectivity index (χ1v) is 6.54. The summed E-state index contributed by atoms with van der Waals surface area (Å²) in [6.45, 7) is 2.80. The molecule has 20 heavy (non-hydrogen) atoms. The van der Waals surface area contributed by atoms with Gasteiger partial charge < -0.3 is 10.0 Å². The first-order chi connectivity index (χ1) is 9.52. The molecule has 0 bridgehead atoms. The first-order valence-electron chi connectivity index (χ1n) is 6.54. The number of aliphatic hydroxyl groups excluding tert-OH is 1. The fourth-order valence-electron chi connectivity index (χ4n) is 2.41. The minimum Gasteiger partial charge on any atom is -0.396 e. The highest BCUT2D eigenvalue weighted by Crippen LogP contribution is 2.21. The lowest BCUT2D eigenvalue weighted by Gasteiger charge is -2.32. The minimum absolute atomic E-state index is 0.0515. The Morgan fingerprint density at radius 3 is 3.05 bits per heavy atom. The van der Waals surface area contributed by atoms with Gasteiger partial charge in [-0.05, 0) is 25.7 Å². The van der Waals surface area contributed by atoms with Gasteiger partial charge in [-0.2, -0.15) is 0 Å². The van der Waals surface area contributed by atoms with Gasteiger partial charge >= 0.3 is 0 Å². The fraction of sp³-hybridized carbons (Fsp3) is 0.538. The average molecular weight is 279 g/mol. The molecule has 1 aromatic rings. The summed E-state index contributed by atoms with van der Waals surface area (Å²) < 4.78 is 0. The van der Waals surface area contributed by atoms with Gasteiger partial charge in [-0.25, -0.2) is 0 Å². The van der Waals surface area contributed by atoms with E-state index in [1.54, 1.807) is 11.8 Å². The Bertz CT molecular complexity index is 532. The fourth-order valence-corrected chi connectivity index (χ4v) is 2.41. The number of amides is 1. The van der Waals surface area contributed by atoms with E-state index in [9.17, 15) is 20.0 Å². The molecule has 1 N–H and O–H groups in total. The number of pyridine rings is 1. The summed E-state index contributed by atoms with van der Waals surface area (Å²) in [5, 5.41) is 20.0. The van der Waals surface area contributed by atoms with Gasteiger partial charge in [0.05, 0.1) is 16.2 Å². The van der Waals surface area contributed by atoms with Gasteiger partial charge in [0.25, 0.3) is 11.6 Å². The van der Waals surface area contributed by atoms with Crippen molar-refractivity contribution in [2.75, 3.05) is 19.7 Å². The van der Waals surface area contributed by atoms with E-state index in [1.807, 2.05) is 0 Å². The maximum absolute atomic E-state index is 12.4. The Hall–Kier alpha value is -2.02. The molecule has 7 nitrogen and oxygen atoms in total. The van der Waals surface area contributed by atoms with Crippen LogP contribution in [0.3, 0.4) is 0 Å². The van der Waals surface area contributed by atoms with Crippen molar-refractivity contribution < 1.29 is 14.8 Å². The summed E-state index contributed by atoms with van der Waals surface area (Å²) >= 11 is 0. The van der Waals surface area contributed by atoms with Crippen LogP contribution in [0.1, 0.15) is 28.9 Å². The molecule has 2 rings (SSSR count). The van der Waals surface area contributed by atoms with Gasteiger partial charge in [0.1, 0.15) is 6.20 Å². The lowest BCUT2D eigenvalue weighted by atomic mass is 9.98. The Labute approximate surface area is 116 Å². The summed E-state index contributed by atoms with van der Waals surface area (Å²) in [5.74, 6) is -0.170. The van der Waals surface area contributed by atoms with E-state index in [4.69, 9.17) is 0 Å². The largest absolute Gasteiger partial charge is 0.396 e. The maximum atomic E-state index is 12.4. The van der Waals surface area contributed by atoms with Crippen LogP contribution in [0.4, 0.5) is 5.69 Å². The molecule has 7 heteroatoms. The molecule has 1 atom stereocenters. The summed E-state index contributed by atoms with van der Waals surface area (Å²) in [6.07, 6.45) is 2.88. The zero-order valence-electron chi connectivity index (χ0n) is 11.3. The van der Waals surface area contributed by atoms with Crippen LogP contribution in [-0.4, -0.2) is 45.5 Å². The van der Waals surface area contributed by atoms with E-state index in [1.165, 1.54) is 6.07 Å². The highest BCUT2D eigenvalue weighted by atomic mass is 16.6. The molecular weight excluding hydrogens is 262 g/mol. The molecule has 1 saturated heterocycles. The van der Waals surface area contributed by atoms with Crippen LogP contribution in [0.25, 0.3) is 0 Å². The molecule has 1 aromatic heterocycles. The molecule has 1 aliphatic heterocycles. The van der Waals surface area contributed by atoms with Crippen LogP contribution in [0, 0.1) is 23.0 Å². The van der Waals surface area contributed by atoms with E-state index in [-0.39, 0.29) is 29.7 Å². The van der Waals surface area contributed by atoms with Crippen LogP contribution in [-0.2, 0) is 0 Å². The van der Waals surface area contributed by atoms with Gasteiger partial charge in [-0.15, -0.1) is 0 Å². The van der Waals surface area contributed by atoms with Crippen LogP contribution in [0.5, 0.6) is 0 Å². The Morgan fingerprint density at radius 2 is 2.40 bits per heavy atom. The second-order valence-electron chi connectivity index (χ2n) is 5.03. The monoisotopic (exact) mass is 279 g/mol. The number of carbonyl (C=O) groups excluding carboxylic acids is 1. The van der Waals surface area contributed by atoms with Crippen molar-refractivity contribution in [2.24, 2.45) is 5.92 Å². The van der Waals surface area contributed by atoms with Crippen molar-refractivity contribution in [2.45, 2.75) is 19.8 Å². The van der Waals surface area contributed by atoms with Crippen LogP contribution in [0.2, 0.25) is 0 Å². The minimum atomic E-state index is -0.560. The SMILES string of the molecule is Cc1ncc([N+](=O)[O-])cc1C(=O)N1CCCC(CO)C1. The number of aryl methyl sites for hydroxylation is 1. The number of hydrogen-bond donors (Lipinski definition) is 1. The number of aliphatic hydroxyl groups is 1. The standard InChI is InChI=1S/C13H17N3O4/c1-9-12(5-11(6-14-9)16(19)20)13(18)15-4-2-3-10(7-15)8-17/h5-6,10,17H,2-4,7-8H2,1H3. The summed E-state index contributed by atoms with van der Waals surface area (Å²) in [4.78, 5) is 28.2. The van der Waals surface area contributed by atoms with Crippen molar-refractivity contribution in [1.29, 1.82) is 0 Å². The third-order valence-corrected chi connectivity index (χ3v) is 3.58. The summed E-state index contributed by atoms with van der Waals surface area (Å²) in [7, 11) is 0. The van der Waals surface area contributed by atoms with Crippen LogP contribution < -0.4 is 0 Å². The molecule has 0 aliphatic carbocycles. The molecule has 0 saturated carbocycles. The zero-order chi connectivity index (χ0) is 14.7. The molecular formula is C13H17N3O4. The number of nitro groups is 1. The Kier molecular flexibility index (Phi) is 4.29. The van der Waals surface area contributed by atoms with Gasteiger partial charge in [-0.3, -0.25) is 19.9 Å². The second kappa shape index (κ2) is 5.96. The number of nitrogens with zero attached hydrogens (tertiary/aromatic N) is 3. The third-order valence-electron chi connectivity index (χ3n) is 3.58. The number of likely N-dealkylation sites (tertiary alicyclic amines) is 1. The molecule has 0 radical (unpaired) electrons. The van der Waals surface area contributed by atoms with Crippen LogP contribution in [0.15, 0.2) is 12.3 Å². The average Bonchev–Trinajstić information content (AvgIpc) is 2.46. The quantitative estimate of drug-likeness (QED) is 0.661. The highest BCUT2D eigenvalue weighted by Gasteiger charge is 2.26. The van der Waals surface area contributed by atoms with E-state index in [0.29, 0.717) is 18.8 Å². The van der Waals surface area contributed by atoms with Gasteiger partial charge in [0.15, 0.2) is 0 Å². The molecule has 0 spiro atoms. The second-order valence-corrected chi connectivity index (χ2v) is 5.03. The van der Waals surface area contributed by atoms with E-state index >= 15 is 0 Å². The van der Waals surface area contributed by atoms with Crippen molar-refractivity contribution in [1.82, 2.24) is 9.88 Å². The number of carbonyl (C=O) groups is 1. The summed E-state index contributed by atoms with van der Waals surface area (Å²) in [5.41, 5.74) is 0.555. The predicted molar refractivity (Wildman–Crippen MR) is 71.3 cm³/mol. The maximum Gasteiger partial charge on any atom is 0.288 e. The third kappa shape index (κ3) is 2.93. The summed E-state index contributed by atoms with van der Waals surface area (Å²) in [6, 6.07) is 1.27. The predicted octanol–water partition coefficient (Wildman–Crippen LogP) is 1.14. The van der Waals surface area contributed by atoms with Crippen molar-refractivity contribution in [3.63, 3.8) is 0 Å². The molecule has 1 aliphatic rings. The number of piperidine rings is 1. The van der Waals surface area contributed by atoms with E-state index < -0.39 is 4.92 Å². The molecule has 0 aromatic carbocycles. The smallest absolute Gasteiger partial charge is 0.288 e. The normalized spacial score (nSPS) is 18.9. The number of hydrogen-bond acceptors (Lipinski definition) is 5. The van der Waals surface area contributed by atoms with Crippen molar-refractivity contribution in [3.8, 4) is 0 Å². The van der Waals surface area contributed by atoms with Gasteiger partial charge in [0, 0.05) is 25.8 Å². The number of aromatic nitrogens is 1. The lowest BCUT2D eigenvalue weighted by Crippen LogP contribution is -2.41. The topological polar surface area (TPSA) is 96.6 Å².